The zero-order valence-corrected chi connectivity index (χ0v) is 20.8. The molecule has 0 radical (unpaired) electrons. The van der Waals surface area contributed by atoms with Crippen LogP contribution in [0, 0.1) is 6.92 Å². The van der Waals surface area contributed by atoms with Crippen molar-refractivity contribution in [2.75, 3.05) is 59.9 Å². The number of nitrogens with one attached hydrogen (secondary N) is 1. The van der Waals surface area contributed by atoms with E-state index in [0.717, 1.165) is 43.1 Å². The molecule has 35 heavy (non-hydrogen) atoms. The van der Waals surface area contributed by atoms with Gasteiger partial charge in [0.1, 0.15) is 5.82 Å². The Morgan fingerprint density at radius 1 is 0.886 bits per heavy atom. The first-order valence-electron chi connectivity index (χ1n) is 11.4. The Balaban J connectivity index is 1.55. The molecular formula is C26H31N5O4. The Morgan fingerprint density at radius 2 is 1.51 bits per heavy atom. The van der Waals surface area contributed by atoms with Gasteiger partial charge in [-0.3, -0.25) is 4.79 Å². The minimum atomic E-state index is 0.0552. The second kappa shape index (κ2) is 10.6. The molecule has 1 aromatic heterocycles. The van der Waals surface area contributed by atoms with Gasteiger partial charge in [0.15, 0.2) is 17.3 Å². The minimum absolute atomic E-state index is 0.0552. The van der Waals surface area contributed by atoms with E-state index in [-0.39, 0.29) is 5.91 Å². The van der Waals surface area contributed by atoms with Crippen LogP contribution in [-0.2, 0) is 0 Å². The van der Waals surface area contributed by atoms with Crippen LogP contribution in [0.1, 0.15) is 16.1 Å². The van der Waals surface area contributed by atoms with Gasteiger partial charge in [0.2, 0.25) is 5.75 Å². The van der Waals surface area contributed by atoms with Gasteiger partial charge in [0, 0.05) is 66.9 Å². The van der Waals surface area contributed by atoms with Gasteiger partial charge in [-0.25, -0.2) is 9.97 Å². The number of piperazine rings is 1. The zero-order valence-electron chi connectivity index (χ0n) is 20.8. The lowest BCUT2D eigenvalue weighted by Gasteiger charge is -2.32. The fraction of sp³-hybridized carbons (Fsp3) is 0.346. The maximum Gasteiger partial charge on any atom is 0.253 e. The largest absolute Gasteiger partial charge is 0.493 e. The second-order valence-corrected chi connectivity index (χ2v) is 8.43. The molecule has 1 aliphatic heterocycles. The number of hydrogen-bond donors (Lipinski definition) is 1. The standard InChI is InChI=1S/C26H31N5O4/c1-17-14-23(28-20-15-21(33-3)24(35-5)22(16-20)34-4)29-25(27-17)18-6-8-19(9-7-18)26(32)31-12-10-30(2)11-13-31/h6-9,14-16H,10-13H2,1-5H3,(H,27,28,29). The maximum absolute atomic E-state index is 12.9. The van der Waals surface area contributed by atoms with Crippen molar-refractivity contribution in [1.29, 1.82) is 0 Å². The summed E-state index contributed by atoms with van der Waals surface area (Å²) < 4.78 is 16.3. The lowest BCUT2D eigenvalue weighted by Crippen LogP contribution is -2.47. The summed E-state index contributed by atoms with van der Waals surface area (Å²) in [5, 5.41) is 3.30. The lowest BCUT2D eigenvalue weighted by molar-refractivity contribution is 0.0664. The molecule has 2 aromatic carbocycles. The number of rotatable bonds is 7. The van der Waals surface area contributed by atoms with E-state index in [1.807, 2.05) is 54.3 Å². The minimum Gasteiger partial charge on any atom is -0.493 e. The number of hydrogen-bond acceptors (Lipinski definition) is 8. The maximum atomic E-state index is 12.9. The van der Waals surface area contributed by atoms with Crippen LogP contribution in [-0.4, -0.2) is 80.2 Å². The van der Waals surface area contributed by atoms with Crippen LogP contribution in [0.4, 0.5) is 11.5 Å². The summed E-state index contributed by atoms with van der Waals surface area (Å²) in [6, 6.07) is 13.0. The second-order valence-electron chi connectivity index (χ2n) is 8.43. The average Bonchev–Trinajstić information content (AvgIpc) is 2.87. The monoisotopic (exact) mass is 477 g/mol. The fourth-order valence-electron chi connectivity index (χ4n) is 4.02. The van der Waals surface area contributed by atoms with Crippen molar-refractivity contribution in [3.05, 3.63) is 53.7 Å². The molecule has 0 spiro atoms. The van der Waals surface area contributed by atoms with Crippen LogP contribution < -0.4 is 19.5 Å². The van der Waals surface area contributed by atoms with Crippen molar-refractivity contribution < 1.29 is 19.0 Å². The summed E-state index contributed by atoms with van der Waals surface area (Å²) in [6.45, 7) is 5.18. The number of amides is 1. The van der Waals surface area contributed by atoms with E-state index < -0.39 is 0 Å². The van der Waals surface area contributed by atoms with E-state index in [1.54, 1.807) is 21.3 Å². The van der Waals surface area contributed by atoms with Crippen molar-refractivity contribution in [3.8, 4) is 28.6 Å². The number of ether oxygens (including phenoxy) is 3. The molecule has 0 aliphatic carbocycles. The van der Waals surface area contributed by atoms with Gasteiger partial charge in [-0.1, -0.05) is 12.1 Å². The van der Waals surface area contributed by atoms with Crippen molar-refractivity contribution >= 4 is 17.4 Å². The van der Waals surface area contributed by atoms with Gasteiger partial charge < -0.3 is 29.3 Å². The Bertz CT molecular complexity index is 1170. The van der Waals surface area contributed by atoms with Crippen molar-refractivity contribution in [1.82, 2.24) is 19.8 Å². The Morgan fingerprint density at radius 3 is 2.09 bits per heavy atom. The number of likely N-dealkylation sites (N-methyl/N-ethyl adjacent to an activating group) is 1. The predicted molar refractivity (Wildman–Crippen MR) is 135 cm³/mol. The molecular weight excluding hydrogens is 446 g/mol. The summed E-state index contributed by atoms with van der Waals surface area (Å²) in [5.74, 6) is 2.85. The molecule has 9 heteroatoms. The van der Waals surface area contributed by atoms with E-state index in [0.29, 0.717) is 34.5 Å². The first-order valence-corrected chi connectivity index (χ1v) is 11.4. The van der Waals surface area contributed by atoms with Gasteiger partial charge in [-0.15, -0.1) is 0 Å². The summed E-state index contributed by atoms with van der Waals surface area (Å²) in [4.78, 5) is 26.3. The van der Waals surface area contributed by atoms with Gasteiger partial charge in [-0.05, 0) is 26.1 Å². The highest BCUT2D eigenvalue weighted by atomic mass is 16.5. The number of carbonyl (C=O) groups is 1. The lowest BCUT2D eigenvalue weighted by atomic mass is 10.1. The smallest absolute Gasteiger partial charge is 0.253 e. The number of aromatic nitrogens is 2. The third-order valence-electron chi connectivity index (χ3n) is 5.97. The highest BCUT2D eigenvalue weighted by Crippen LogP contribution is 2.40. The predicted octanol–water partition coefficient (Wildman–Crippen LogP) is 3.61. The summed E-state index contributed by atoms with van der Waals surface area (Å²) >= 11 is 0. The van der Waals surface area contributed by atoms with Crippen molar-refractivity contribution in [2.45, 2.75) is 6.92 Å². The topological polar surface area (TPSA) is 89.1 Å². The Labute approximate surface area is 205 Å². The Kier molecular flexibility index (Phi) is 7.36. The average molecular weight is 478 g/mol. The van der Waals surface area contributed by atoms with Crippen LogP contribution in [0.5, 0.6) is 17.2 Å². The summed E-state index contributed by atoms with van der Waals surface area (Å²) in [7, 11) is 6.79. The molecule has 184 valence electrons. The molecule has 1 fully saturated rings. The number of nitrogens with zero attached hydrogens (tertiary/aromatic N) is 4. The van der Waals surface area contributed by atoms with E-state index in [1.165, 1.54) is 0 Å². The van der Waals surface area contributed by atoms with Crippen LogP contribution in [0.15, 0.2) is 42.5 Å². The zero-order chi connectivity index (χ0) is 24.9. The van der Waals surface area contributed by atoms with E-state index in [4.69, 9.17) is 14.2 Å². The van der Waals surface area contributed by atoms with Gasteiger partial charge in [-0.2, -0.15) is 0 Å². The van der Waals surface area contributed by atoms with Gasteiger partial charge in [0.25, 0.3) is 5.91 Å². The molecule has 1 saturated heterocycles. The molecule has 0 atom stereocenters. The van der Waals surface area contributed by atoms with Crippen LogP contribution in [0.3, 0.4) is 0 Å². The number of aryl methyl sites for hydroxylation is 1. The molecule has 1 amide bonds. The number of benzene rings is 2. The number of anilines is 2. The highest BCUT2D eigenvalue weighted by molar-refractivity contribution is 5.94. The third kappa shape index (κ3) is 5.46. The first-order chi connectivity index (χ1) is 16.9. The highest BCUT2D eigenvalue weighted by Gasteiger charge is 2.20. The number of methoxy groups -OCH3 is 3. The van der Waals surface area contributed by atoms with Crippen molar-refractivity contribution in [3.63, 3.8) is 0 Å². The fourth-order valence-corrected chi connectivity index (χ4v) is 4.02. The van der Waals surface area contributed by atoms with Gasteiger partial charge in [0.05, 0.1) is 21.3 Å². The molecule has 1 aliphatic rings. The quantitative estimate of drug-likeness (QED) is 0.552. The first kappa shape index (κ1) is 24.3. The van der Waals surface area contributed by atoms with E-state index in [9.17, 15) is 4.79 Å². The van der Waals surface area contributed by atoms with Gasteiger partial charge >= 0.3 is 0 Å². The molecule has 0 saturated carbocycles. The molecule has 0 unspecified atom stereocenters. The molecule has 2 heterocycles. The normalized spacial score (nSPS) is 13.9. The van der Waals surface area contributed by atoms with Crippen LogP contribution in [0.2, 0.25) is 0 Å². The molecule has 3 aromatic rings. The van der Waals surface area contributed by atoms with Crippen LogP contribution >= 0.6 is 0 Å². The Hall–Kier alpha value is -3.85. The molecule has 9 nitrogen and oxygen atoms in total. The number of carbonyl (C=O) groups excluding carboxylic acids is 1. The van der Waals surface area contributed by atoms with Crippen molar-refractivity contribution in [2.24, 2.45) is 0 Å². The van der Waals surface area contributed by atoms with E-state index >= 15 is 0 Å². The third-order valence-corrected chi connectivity index (χ3v) is 5.97. The molecule has 0 bridgehead atoms. The summed E-state index contributed by atoms with van der Waals surface area (Å²) in [6.07, 6.45) is 0. The van der Waals surface area contributed by atoms with Crippen LogP contribution in [0.25, 0.3) is 11.4 Å². The SMILES string of the molecule is COc1cc(Nc2cc(C)nc(-c3ccc(C(=O)N4CCN(C)CC4)cc3)n2)cc(OC)c1OC. The molecule has 4 rings (SSSR count). The van der Waals surface area contributed by atoms with E-state index in [2.05, 4.69) is 27.2 Å². The molecule has 1 N–H and O–H groups in total. The summed E-state index contributed by atoms with van der Waals surface area (Å²) in [5.41, 5.74) is 3.04.